The van der Waals surface area contributed by atoms with Gasteiger partial charge in [0.05, 0.1) is 17.1 Å². The summed E-state index contributed by atoms with van der Waals surface area (Å²) < 4.78 is 15.0. The summed E-state index contributed by atoms with van der Waals surface area (Å²) in [4.78, 5) is 37.3. The van der Waals surface area contributed by atoms with E-state index in [1.165, 1.54) is 18.4 Å². The van der Waals surface area contributed by atoms with Gasteiger partial charge in [0.15, 0.2) is 0 Å². The Bertz CT molecular complexity index is 644. The molecule has 2 N–H and O–H groups in total. The van der Waals surface area contributed by atoms with Crippen LogP contribution in [0.3, 0.4) is 0 Å². The van der Waals surface area contributed by atoms with Crippen molar-refractivity contribution in [1.29, 1.82) is 0 Å². The lowest BCUT2D eigenvalue weighted by Gasteiger charge is -2.38. The third kappa shape index (κ3) is 1.51. The largest absolute Gasteiger partial charge is 0.390 e. The molecule has 3 heterocycles. The Kier molecular flexibility index (Phi) is 2.62. The number of likely N-dealkylation sites (tertiary alicyclic amines) is 1. The molecule has 0 bridgehead atoms. The standard InChI is InChI=1S/C12H12FN3O3S/c1-15-8(17)2-3-12(13,11(15)19)16-4-6-7(10(16)18)5-20-9(6)14/h5H,2-4,14H2,1H3/t12-/m1/s1. The summed E-state index contributed by atoms with van der Waals surface area (Å²) in [7, 11) is 1.22. The van der Waals surface area contributed by atoms with Crippen LogP contribution in [-0.4, -0.2) is 40.4 Å². The Morgan fingerprint density at radius 1 is 1.40 bits per heavy atom. The van der Waals surface area contributed by atoms with Gasteiger partial charge in [0.2, 0.25) is 5.91 Å². The number of nitrogens with zero attached hydrogens (tertiary/aromatic N) is 2. The van der Waals surface area contributed by atoms with Crippen molar-refractivity contribution in [2.45, 2.75) is 25.2 Å². The number of carbonyl (C=O) groups excluding carboxylic acids is 3. The number of thiophene rings is 1. The van der Waals surface area contributed by atoms with E-state index in [2.05, 4.69) is 0 Å². The number of nitrogen functional groups attached to an aromatic ring is 1. The first kappa shape index (κ1) is 13.0. The van der Waals surface area contributed by atoms with Crippen molar-refractivity contribution >= 4 is 34.1 Å². The number of rotatable bonds is 1. The van der Waals surface area contributed by atoms with Crippen molar-refractivity contribution in [1.82, 2.24) is 9.80 Å². The van der Waals surface area contributed by atoms with Crippen LogP contribution in [-0.2, 0) is 16.1 Å². The van der Waals surface area contributed by atoms with Gasteiger partial charge in [-0.25, -0.2) is 4.39 Å². The number of halogens is 1. The monoisotopic (exact) mass is 297 g/mol. The molecule has 3 amide bonds. The Morgan fingerprint density at radius 3 is 2.75 bits per heavy atom. The summed E-state index contributed by atoms with van der Waals surface area (Å²) in [6.07, 6.45) is -0.417. The summed E-state index contributed by atoms with van der Waals surface area (Å²) in [5, 5.41) is 2.02. The Labute approximate surface area is 117 Å². The molecule has 0 spiro atoms. The molecular formula is C12H12FN3O3S. The first-order chi connectivity index (χ1) is 9.36. The van der Waals surface area contributed by atoms with E-state index in [4.69, 9.17) is 5.73 Å². The van der Waals surface area contributed by atoms with E-state index in [-0.39, 0.29) is 19.4 Å². The van der Waals surface area contributed by atoms with Crippen molar-refractivity contribution in [3.8, 4) is 0 Å². The molecular weight excluding hydrogens is 285 g/mol. The lowest BCUT2D eigenvalue weighted by molar-refractivity contribution is -0.168. The third-order valence-electron chi connectivity index (χ3n) is 3.82. The highest BCUT2D eigenvalue weighted by molar-refractivity contribution is 7.14. The molecule has 2 aliphatic rings. The molecule has 1 fully saturated rings. The van der Waals surface area contributed by atoms with Crippen LogP contribution in [0.4, 0.5) is 9.39 Å². The van der Waals surface area contributed by atoms with E-state index in [0.717, 1.165) is 9.80 Å². The highest BCUT2D eigenvalue weighted by Gasteiger charge is 2.55. The van der Waals surface area contributed by atoms with Gasteiger partial charge in [-0.05, 0) is 0 Å². The minimum Gasteiger partial charge on any atom is -0.390 e. The Balaban J connectivity index is 1.96. The molecule has 2 aliphatic heterocycles. The predicted octanol–water partition coefficient (Wildman–Crippen LogP) is 0.731. The number of hydrogen-bond acceptors (Lipinski definition) is 5. The minimum absolute atomic E-state index is 0.0340. The number of fused-ring (bicyclic) bond motifs is 1. The number of imide groups is 1. The van der Waals surface area contributed by atoms with E-state index >= 15 is 4.39 Å². The van der Waals surface area contributed by atoms with Gasteiger partial charge in [0.25, 0.3) is 17.6 Å². The molecule has 106 valence electrons. The fourth-order valence-corrected chi connectivity index (χ4v) is 3.37. The van der Waals surface area contributed by atoms with Crippen LogP contribution in [0, 0.1) is 0 Å². The first-order valence-corrected chi connectivity index (χ1v) is 6.92. The molecule has 1 saturated heterocycles. The molecule has 20 heavy (non-hydrogen) atoms. The van der Waals surface area contributed by atoms with Crippen LogP contribution >= 0.6 is 11.3 Å². The van der Waals surface area contributed by atoms with Gasteiger partial charge in [0, 0.05) is 30.8 Å². The zero-order valence-corrected chi connectivity index (χ0v) is 11.5. The number of nitrogens with two attached hydrogens (primary N) is 1. The van der Waals surface area contributed by atoms with Crippen LogP contribution in [0.1, 0.15) is 28.8 Å². The number of likely N-dealkylation sites (N-methyl/N-ethyl adjacent to an activating group) is 1. The number of anilines is 1. The Hall–Kier alpha value is -1.96. The number of carbonyl (C=O) groups is 3. The maximum atomic E-state index is 15.0. The zero-order chi connectivity index (χ0) is 14.7. The summed E-state index contributed by atoms with van der Waals surface area (Å²) in [6, 6.07) is 0. The molecule has 1 atom stereocenters. The lowest BCUT2D eigenvalue weighted by atomic mass is 10.00. The summed E-state index contributed by atoms with van der Waals surface area (Å²) in [5.41, 5.74) is 6.64. The average Bonchev–Trinajstić information content (AvgIpc) is 2.94. The van der Waals surface area contributed by atoms with Crippen molar-refractivity contribution in [2.75, 3.05) is 12.8 Å². The van der Waals surface area contributed by atoms with Crippen molar-refractivity contribution in [2.24, 2.45) is 0 Å². The van der Waals surface area contributed by atoms with E-state index in [1.807, 2.05) is 0 Å². The average molecular weight is 297 g/mol. The quantitative estimate of drug-likeness (QED) is 0.612. The van der Waals surface area contributed by atoms with Crippen molar-refractivity contribution < 1.29 is 18.8 Å². The number of alkyl halides is 1. The second kappa shape index (κ2) is 4.02. The Morgan fingerprint density at radius 2 is 2.10 bits per heavy atom. The van der Waals surface area contributed by atoms with Crippen molar-refractivity contribution in [3.05, 3.63) is 16.5 Å². The van der Waals surface area contributed by atoms with Crippen molar-refractivity contribution in [3.63, 3.8) is 0 Å². The SMILES string of the molecule is CN1C(=O)CC[C@@](F)(N2Cc3c(csc3N)C2=O)C1=O. The summed E-state index contributed by atoms with van der Waals surface area (Å²) in [5.74, 6) is -4.45. The van der Waals surface area contributed by atoms with Crippen LogP contribution < -0.4 is 5.73 Å². The van der Waals surface area contributed by atoms with Crippen LogP contribution in [0.2, 0.25) is 0 Å². The van der Waals surface area contributed by atoms with E-state index < -0.39 is 23.5 Å². The molecule has 0 unspecified atom stereocenters. The number of amides is 3. The van der Waals surface area contributed by atoms with Gasteiger partial charge in [0.1, 0.15) is 0 Å². The van der Waals surface area contributed by atoms with Crippen LogP contribution in [0.15, 0.2) is 5.38 Å². The third-order valence-corrected chi connectivity index (χ3v) is 4.68. The first-order valence-electron chi connectivity index (χ1n) is 6.04. The van der Waals surface area contributed by atoms with Gasteiger partial charge in [-0.2, -0.15) is 0 Å². The minimum atomic E-state index is -2.47. The molecule has 0 saturated carbocycles. The molecule has 1 aromatic heterocycles. The topological polar surface area (TPSA) is 83.7 Å². The van der Waals surface area contributed by atoms with Gasteiger partial charge in [-0.1, -0.05) is 0 Å². The maximum absolute atomic E-state index is 15.0. The second-order valence-electron chi connectivity index (χ2n) is 4.90. The van der Waals surface area contributed by atoms with E-state index in [9.17, 15) is 14.4 Å². The van der Waals surface area contributed by atoms with E-state index in [1.54, 1.807) is 5.38 Å². The van der Waals surface area contributed by atoms with Crippen LogP contribution in [0.5, 0.6) is 0 Å². The van der Waals surface area contributed by atoms with E-state index in [0.29, 0.717) is 16.1 Å². The highest BCUT2D eigenvalue weighted by Crippen LogP contribution is 2.40. The van der Waals surface area contributed by atoms with Gasteiger partial charge >= 0.3 is 0 Å². The molecule has 0 aliphatic carbocycles. The molecule has 0 aromatic carbocycles. The number of piperidine rings is 1. The normalized spacial score (nSPS) is 26.4. The molecule has 3 rings (SSSR count). The summed E-state index contributed by atoms with van der Waals surface area (Å²) in [6.45, 7) is -0.0340. The molecule has 1 aromatic rings. The van der Waals surface area contributed by atoms with Gasteiger partial charge < -0.3 is 5.73 Å². The molecule has 0 radical (unpaired) electrons. The highest BCUT2D eigenvalue weighted by atomic mass is 32.1. The number of hydrogen-bond donors (Lipinski definition) is 1. The molecule has 6 nitrogen and oxygen atoms in total. The molecule has 8 heteroatoms. The fraction of sp³-hybridized carbons (Fsp3) is 0.417. The fourth-order valence-electron chi connectivity index (χ4n) is 2.57. The van der Waals surface area contributed by atoms with Gasteiger partial charge in [-0.15, -0.1) is 11.3 Å². The summed E-state index contributed by atoms with van der Waals surface area (Å²) >= 11 is 1.22. The van der Waals surface area contributed by atoms with Crippen LogP contribution in [0.25, 0.3) is 0 Å². The zero-order valence-electron chi connectivity index (χ0n) is 10.7. The van der Waals surface area contributed by atoms with Gasteiger partial charge in [-0.3, -0.25) is 24.2 Å². The maximum Gasteiger partial charge on any atom is 0.287 e. The second-order valence-corrected chi connectivity index (χ2v) is 5.81. The lowest BCUT2D eigenvalue weighted by Crippen LogP contribution is -2.60. The predicted molar refractivity (Wildman–Crippen MR) is 69.5 cm³/mol. The smallest absolute Gasteiger partial charge is 0.287 e.